The van der Waals surface area contributed by atoms with Gasteiger partial charge in [-0.2, -0.15) is 31.6 Å². The van der Waals surface area contributed by atoms with Crippen molar-refractivity contribution < 1.29 is 26.3 Å². The molecule has 0 aliphatic carbocycles. The number of nitriles is 1. The fraction of sp³-hybridized carbons (Fsp3) is 0.0822. The van der Waals surface area contributed by atoms with Crippen molar-refractivity contribution in [2.24, 2.45) is 0 Å². The molecule has 0 amide bonds. The summed E-state index contributed by atoms with van der Waals surface area (Å²) in [6.07, 6.45) is -10.3. The van der Waals surface area contributed by atoms with Crippen LogP contribution < -0.4 is 0 Å². The fourth-order valence-corrected chi connectivity index (χ4v) is 12.3. The highest BCUT2D eigenvalue weighted by Gasteiger charge is 2.39. The molecule has 0 aliphatic rings. The third kappa shape index (κ3) is 8.61. The molecule has 0 spiro atoms. The maximum atomic E-state index is 15.8. The molecule has 13 aromatic rings. The van der Waals surface area contributed by atoms with Crippen molar-refractivity contribution in [1.29, 1.82) is 5.26 Å². The quantitative estimate of drug-likeness (QED) is 0.140. The van der Waals surface area contributed by atoms with Gasteiger partial charge in [0.1, 0.15) is 0 Å². The summed E-state index contributed by atoms with van der Waals surface area (Å²) in [7, 11) is 0. The molecular weight excluding hydrogens is 1030 g/mol. The largest absolute Gasteiger partial charge is 0.417 e. The summed E-state index contributed by atoms with van der Waals surface area (Å²) >= 11 is 0. The normalized spacial score (nSPS) is 12.0. The van der Waals surface area contributed by atoms with Gasteiger partial charge in [0.25, 0.3) is 0 Å². The summed E-state index contributed by atoms with van der Waals surface area (Å²) in [6, 6.07) is 71.9. The lowest BCUT2D eigenvalue weighted by Gasteiger charge is -2.24. The highest BCUT2D eigenvalue weighted by Crippen LogP contribution is 2.50. The number of fused-ring (bicyclic) bond motifs is 6. The van der Waals surface area contributed by atoms with E-state index in [-0.39, 0.29) is 28.3 Å². The Morgan fingerprint density at radius 2 is 0.683 bits per heavy atom. The molecule has 2 heterocycles. The van der Waals surface area contributed by atoms with Crippen molar-refractivity contribution >= 4 is 43.6 Å². The maximum Gasteiger partial charge on any atom is 0.417 e. The van der Waals surface area contributed by atoms with Gasteiger partial charge in [-0.1, -0.05) is 146 Å². The van der Waals surface area contributed by atoms with Crippen molar-refractivity contribution in [3.05, 3.63) is 263 Å². The standard InChI is InChI=1S/C73H49F6N3/c1-43-15-5-9-20-53(43)47-27-33-64-59(37-47)60-38-48(54-21-10-6-16-44(54)2)28-34-65(60)81(64)68-25-13-19-51(42-80)70(68)71-58(57-32-31-52(72(74,75)76)41-63(57)73(77,78)79)24-14-26-69(71)82-66-35-29-49(55-22-11-7-17-45(55)3)39-61(66)62-40-50(30-36-67(62)82)56-23-12-8-18-46(56)4/h5-41H,1-4H3. The fourth-order valence-electron chi connectivity index (χ4n) is 12.3. The number of benzene rings is 11. The number of alkyl halides is 6. The van der Waals surface area contributed by atoms with E-state index in [4.69, 9.17) is 0 Å². The van der Waals surface area contributed by atoms with Crippen LogP contribution in [0.5, 0.6) is 0 Å². The van der Waals surface area contributed by atoms with Crippen molar-refractivity contribution in [3.63, 3.8) is 0 Å². The second-order valence-electron chi connectivity index (χ2n) is 21.1. The summed E-state index contributed by atoms with van der Waals surface area (Å²) in [5.41, 5.74) is 13.4. The Bertz CT molecular complexity index is 4590. The lowest BCUT2D eigenvalue weighted by molar-refractivity contribution is -0.142. The molecule has 11 aromatic carbocycles. The van der Waals surface area contributed by atoms with Crippen LogP contribution in [0.15, 0.2) is 224 Å². The predicted molar refractivity (Wildman–Crippen MR) is 321 cm³/mol. The Morgan fingerprint density at radius 3 is 1.04 bits per heavy atom. The summed E-state index contributed by atoms with van der Waals surface area (Å²) in [4.78, 5) is 0. The molecule has 0 fully saturated rings. The van der Waals surface area contributed by atoms with E-state index in [1.807, 2.05) is 102 Å². The van der Waals surface area contributed by atoms with Gasteiger partial charge < -0.3 is 9.13 Å². The first kappa shape index (κ1) is 51.5. The van der Waals surface area contributed by atoms with Gasteiger partial charge in [0.2, 0.25) is 0 Å². The van der Waals surface area contributed by atoms with Gasteiger partial charge in [-0.15, -0.1) is 0 Å². The molecule has 13 rings (SSSR count). The molecule has 0 radical (unpaired) electrons. The minimum Gasteiger partial charge on any atom is -0.309 e. The molecule has 398 valence electrons. The average Bonchev–Trinajstić information content (AvgIpc) is 3.30. The summed E-state index contributed by atoms with van der Waals surface area (Å²) in [5.74, 6) is 0. The van der Waals surface area contributed by atoms with Gasteiger partial charge in [-0.05, 0) is 184 Å². The first-order valence-corrected chi connectivity index (χ1v) is 26.9. The zero-order valence-electron chi connectivity index (χ0n) is 45.0. The minimum absolute atomic E-state index is 0.0185. The van der Waals surface area contributed by atoms with Gasteiger partial charge in [0.05, 0.1) is 56.2 Å². The highest BCUT2D eigenvalue weighted by atomic mass is 19.4. The van der Waals surface area contributed by atoms with Gasteiger partial charge in [0.15, 0.2) is 0 Å². The number of halogens is 6. The molecule has 0 N–H and O–H groups in total. The molecule has 0 atom stereocenters. The van der Waals surface area contributed by atoms with Crippen LogP contribution in [0.25, 0.3) is 122 Å². The second kappa shape index (κ2) is 19.7. The SMILES string of the molecule is Cc1ccccc1-c1ccc2c(c1)c1cc(-c3ccccc3C)ccc1n2-c1cccc(C#N)c1-c1c(-c2ccc(C(F)(F)F)cc2C(F)(F)F)cccc1-n1c2ccc(-c3ccccc3C)cc2c2cc(-c3ccccc3C)ccc21. The molecule has 3 nitrogen and oxygen atoms in total. The number of hydrogen-bond donors (Lipinski definition) is 0. The van der Waals surface area contributed by atoms with Crippen molar-refractivity contribution in [3.8, 4) is 84.2 Å². The van der Waals surface area contributed by atoms with Crippen molar-refractivity contribution in [1.82, 2.24) is 9.13 Å². The summed E-state index contributed by atoms with van der Waals surface area (Å²) in [5, 5.41) is 15.0. The molecule has 82 heavy (non-hydrogen) atoms. The van der Waals surface area contributed by atoms with Crippen LogP contribution in [-0.4, -0.2) is 9.13 Å². The second-order valence-corrected chi connectivity index (χ2v) is 21.1. The smallest absolute Gasteiger partial charge is 0.309 e. The van der Waals surface area contributed by atoms with E-state index in [9.17, 15) is 18.4 Å². The zero-order valence-corrected chi connectivity index (χ0v) is 45.0. The Balaban J connectivity index is 1.18. The Kier molecular flexibility index (Phi) is 12.4. The first-order valence-electron chi connectivity index (χ1n) is 26.9. The molecule has 0 saturated carbocycles. The Hall–Kier alpha value is -9.91. The average molecular weight is 1080 g/mol. The van der Waals surface area contributed by atoms with Gasteiger partial charge >= 0.3 is 12.4 Å². The summed E-state index contributed by atoms with van der Waals surface area (Å²) < 4.78 is 95.0. The molecule has 9 heteroatoms. The van der Waals surface area contributed by atoms with Crippen molar-refractivity contribution in [2.45, 2.75) is 40.0 Å². The third-order valence-corrected chi connectivity index (χ3v) is 16.2. The minimum atomic E-state index is -5.23. The number of hydrogen-bond acceptors (Lipinski definition) is 1. The summed E-state index contributed by atoms with van der Waals surface area (Å²) in [6.45, 7) is 8.25. The molecule has 0 unspecified atom stereocenters. The third-order valence-electron chi connectivity index (χ3n) is 16.2. The van der Waals surface area contributed by atoms with E-state index in [0.29, 0.717) is 17.4 Å². The Labute approximate surface area is 469 Å². The topological polar surface area (TPSA) is 33.6 Å². The van der Waals surface area contributed by atoms with Gasteiger partial charge in [-0.25, -0.2) is 0 Å². The van der Waals surface area contributed by atoms with Gasteiger partial charge in [-0.3, -0.25) is 0 Å². The van der Waals surface area contributed by atoms with E-state index in [1.54, 1.807) is 18.2 Å². The van der Waals surface area contributed by atoms with E-state index < -0.39 is 29.0 Å². The van der Waals surface area contributed by atoms with Crippen LogP contribution in [0.1, 0.15) is 38.9 Å². The number of aryl methyl sites for hydroxylation is 4. The van der Waals surface area contributed by atoms with Crippen LogP contribution in [0.2, 0.25) is 0 Å². The number of aromatic nitrogens is 2. The molecular formula is C73H49F6N3. The van der Waals surface area contributed by atoms with E-state index in [1.165, 1.54) is 6.07 Å². The number of nitrogens with zero attached hydrogens (tertiary/aromatic N) is 3. The van der Waals surface area contributed by atoms with Crippen LogP contribution in [0, 0.1) is 39.0 Å². The van der Waals surface area contributed by atoms with Crippen LogP contribution in [-0.2, 0) is 12.4 Å². The monoisotopic (exact) mass is 1080 g/mol. The molecule has 2 aromatic heterocycles. The lowest BCUT2D eigenvalue weighted by atomic mass is 9.86. The number of rotatable bonds is 8. The van der Waals surface area contributed by atoms with Crippen LogP contribution in [0.3, 0.4) is 0 Å². The Morgan fingerprint density at radius 1 is 0.329 bits per heavy atom. The molecule has 0 saturated heterocycles. The van der Waals surface area contributed by atoms with Crippen LogP contribution in [0.4, 0.5) is 26.3 Å². The van der Waals surface area contributed by atoms with E-state index in [2.05, 4.69) is 123 Å². The van der Waals surface area contributed by atoms with Crippen LogP contribution >= 0.6 is 0 Å². The van der Waals surface area contributed by atoms with E-state index in [0.717, 1.165) is 116 Å². The highest BCUT2D eigenvalue weighted by molar-refractivity contribution is 6.15. The van der Waals surface area contributed by atoms with E-state index >= 15 is 13.2 Å². The zero-order chi connectivity index (χ0) is 56.8. The molecule has 0 aliphatic heterocycles. The predicted octanol–water partition coefficient (Wildman–Crippen LogP) is 21.0. The molecule has 0 bridgehead atoms. The lowest BCUT2D eigenvalue weighted by Crippen LogP contribution is -2.13. The van der Waals surface area contributed by atoms with Gasteiger partial charge in [0, 0.05) is 32.7 Å². The first-order chi connectivity index (χ1) is 39.6. The maximum absolute atomic E-state index is 15.8. The van der Waals surface area contributed by atoms with Crippen molar-refractivity contribution in [2.75, 3.05) is 0 Å².